The number of hydrogen-bond acceptors (Lipinski definition) is 4. The smallest absolute Gasteiger partial charge is 0.197 e. The van der Waals surface area contributed by atoms with E-state index in [1.807, 2.05) is 0 Å². The molecule has 0 atom stereocenters. The van der Waals surface area contributed by atoms with Crippen LogP contribution in [0.5, 0.6) is 11.5 Å². The van der Waals surface area contributed by atoms with E-state index >= 15 is 0 Å². The van der Waals surface area contributed by atoms with E-state index in [0.29, 0.717) is 35.2 Å². The van der Waals surface area contributed by atoms with Crippen molar-refractivity contribution in [3.63, 3.8) is 0 Å². The normalized spacial score (nSPS) is 13.2. The summed E-state index contributed by atoms with van der Waals surface area (Å²) in [5, 5.41) is 0. The highest BCUT2D eigenvalue weighted by atomic mass is 16.5. The minimum Gasteiger partial charge on any atom is -0.493 e. The van der Waals surface area contributed by atoms with Crippen molar-refractivity contribution < 1.29 is 19.1 Å². The van der Waals surface area contributed by atoms with Crippen molar-refractivity contribution in [1.82, 2.24) is 0 Å². The number of Topliss-reactive ketones (excluding diaryl/α,β-unsaturated/α-hetero) is 2. The highest BCUT2D eigenvalue weighted by Crippen LogP contribution is 2.32. The van der Waals surface area contributed by atoms with Crippen LogP contribution in [0.3, 0.4) is 0 Å². The van der Waals surface area contributed by atoms with Crippen molar-refractivity contribution in [3.05, 3.63) is 64.7 Å². The van der Waals surface area contributed by atoms with Crippen LogP contribution in [0, 0.1) is 5.92 Å². The molecule has 4 nitrogen and oxygen atoms in total. The van der Waals surface area contributed by atoms with Crippen molar-refractivity contribution >= 4 is 17.6 Å². The molecule has 0 unspecified atom stereocenters. The van der Waals surface area contributed by atoms with Gasteiger partial charge in [0.1, 0.15) is 0 Å². The van der Waals surface area contributed by atoms with E-state index in [1.54, 1.807) is 55.7 Å². The lowest BCUT2D eigenvalue weighted by Gasteiger charge is -2.13. The van der Waals surface area contributed by atoms with E-state index in [2.05, 4.69) is 13.8 Å². The van der Waals surface area contributed by atoms with Gasteiger partial charge in [-0.2, -0.15) is 0 Å². The van der Waals surface area contributed by atoms with Crippen LogP contribution >= 0.6 is 0 Å². The molecule has 0 radical (unpaired) electrons. The van der Waals surface area contributed by atoms with Gasteiger partial charge in [0, 0.05) is 11.1 Å². The number of carbonyl (C=O) groups is 2. The van der Waals surface area contributed by atoms with Gasteiger partial charge in [0.15, 0.2) is 23.1 Å². The molecule has 0 saturated heterocycles. The van der Waals surface area contributed by atoms with Crippen molar-refractivity contribution in [2.45, 2.75) is 13.8 Å². The molecule has 0 aliphatic heterocycles. The summed E-state index contributed by atoms with van der Waals surface area (Å²) in [6.07, 6.45) is 1.62. The van der Waals surface area contributed by atoms with Crippen LogP contribution in [0.2, 0.25) is 0 Å². The molecule has 0 aromatic heterocycles. The van der Waals surface area contributed by atoms with Gasteiger partial charge in [-0.3, -0.25) is 9.59 Å². The van der Waals surface area contributed by atoms with Crippen LogP contribution in [0.15, 0.2) is 48.0 Å². The summed E-state index contributed by atoms with van der Waals surface area (Å²) in [6.45, 7) is 4.68. The highest BCUT2D eigenvalue weighted by molar-refractivity contribution is 6.41. The third-order valence-corrected chi connectivity index (χ3v) is 3.98. The van der Waals surface area contributed by atoms with Gasteiger partial charge in [-0.05, 0) is 29.7 Å². The van der Waals surface area contributed by atoms with Crippen LogP contribution in [-0.4, -0.2) is 25.3 Å². The maximum absolute atomic E-state index is 12.5. The van der Waals surface area contributed by atoms with Gasteiger partial charge in [0.2, 0.25) is 0 Å². The van der Waals surface area contributed by atoms with Gasteiger partial charge in [-0.25, -0.2) is 0 Å². The first-order valence-corrected chi connectivity index (χ1v) is 8.22. The number of benzene rings is 2. The Hall–Kier alpha value is -2.88. The maximum atomic E-state index is 12.5. The minimum absolute atomic E-state index is 0.182. The highest BCUT2D eigenvalue weighted by Gasteiger charge is 2.32. The summed E-state index contributed by atoms with van der Waals surface area (Å²) in [7, 11) is 1.58. The molecule has 0 fully saturated rings. The van der Waals surface area contributed by atoms with Crippen LogP contribution in [0.25, 0.3) is 6.08 Å². The van der Waals surface area contributed by atoms with E-state index in [4.69, 9.17) is 9.47 Å². The SMILES string of the molecule is COc1ccc(C=C2C(=O)c3ccccc3C2=O)cc1OCC(C)C. The van der Waals surface area contributed by atoms with Crippen molar-refractivity contribution in [2.75, 3.05) is 13.7 Å². The molecule has 2 aromatic rings. The molecule has 3 rings (SSSR count). The topological polar surface area (TPSA) is 52.6 Å². The monoisotopic (exact) mass is 336 g/mol. The standard InChI is InChI=1S/C21H20O4/c1-13(2)12-25-19-11-14(8-9-18(19)24-3)10-17-20(22)15-6-4-5-7-16(15)21(17)23/h4-11,13H,12H2,1-3H3. The third-order valence-electron chi connectivity index (χ3n) is 3.98. The fraction of sp³-hybridized carbons (Fsp3) is 0.238. The number of carbonyl (C=O) groups excluding carboxylic acids is 2. The predicted octanol–water partition coefficient (Wildman–Crippen LogP) is 4.19. The van der Waals surface area contributed by atoms with Crippen LogP contribution < -0.4 is 9.47 Å². The van der Waals surface area contributed by atoms with Crippen molar-refractivity contribution in [2.24, 2.45) is 5.92 Å². The molecular weight excluding hydrogens is 316 g/mol. The van der Waals surface area contributed by atoms with E-state index in [9.17, 15) is 9.59 Å². The zero-order valence-corrected chi connectivity index (χ0v) is 14.5. The summed E-state index contributed by atoms with van der Waals surface area (Å²) >= 11 is 0. The quantitative estimate of drug-likeness (QED) is 0.607. The summed E-state index contributed by atoms with van der Waals surface area (Å²) in [5.41, 5.74) is 1.83. The lowest BCUT2D eigenvalue weighted by Crippen LogP contribution is -2.06. The minimum atomic E-state index is -0.235. The average Bonchev–Trinajstić information content (AvgIpc) is 2.85. The summed E-state index contributed by atoms with van der Waals surface area (Å²) in [4.78, 5) is 25.0. The fourth-order valence-corrected chi connectivity index (χ4v) is 2.72. The predicted molar refractivity (Wildman–Crippen MR) is 96.4 cm³/mol. The molecule has 0 spiro atoms. The molecule has 0 amide bonds. The molecule has 25 heavy (non-hydrogen) atoms. The molecule has 0 N–H and O–H groups in total. The second kappa shape index (κ2) is 6.93. The molecule has 0 heterocycles. The van der Waals surface area contributed by atoms with Gasteiger partial charge in [-0.15, -0.1) is 0 Å². The third kappa shape index (κ3) is 3.33. The Morgan fingerprint density at radius 1 is 0.960 bits per heavy atom. The average molecular weight is 336 g/mol. The molecule has 1 aliphatic rings. The number of ketones is 2. The Kier molecular flexibility index (Phi) is 4.70. The number of fused-ring (bicyclic) bond motifs is 1. The molecule has 4 heteroatoms. The lowest BCUT2D eigenvalue weighted by atomic mass is 10.1. The molecule has 0 bridgehead atoms. The van der Waals surface area contributed by atoms with Gasteiger partial charge >= 0.3 is 0 Å². The summed E-state index contributed by atoms with van der Waals surface area (Å²) in [6, 6.07) is 12.3. The number of rotatable bonds is 5. The Bertz CT molecular complexity index is 825. The number of methoxy groups -OCH3 is 1. The first-order chi connectivity index (χ1) is 12.0. The maximum Gasteiger partial charge on any atom is 0.197 e. The summed E-state index contributed by atoms with van der Waals surface area (Å²) in [5.74, 6) is 1.12. The Morgan fingerprint density at radius 3 is 2.16 bits per heavy atom. The number of hydrogen-bond donors (Lipinski definition) is 0. The van der Waals surface area contributed by atoms with Gasteiger partial charge in [0.25, 0.3) is 0 Å². The molecule has 2 aromatic carbocycles. The van der Waals surface area contributed by atoms with E-state index in [0.717, 1.165) is 5.56 Å². The van der Waals surface area contributed by atoms with E-state index in [1.165, 1.54) is 0 Å². The second-order valence-corrected chi connectivity index (χ2v) is 6.38. The zero-order valence-electron chi connectivity index (χ0n) is 14.5. The second-order valence-electron chi connectivity index (χ2n) is 6.38. The van der Waals surface area contributed by atoms with Crippen LogP contribution in [0.4, 0.5) is 0 Å². The van der Waals surface area contributed by atoms with Crippen LogP contribution in [-0.2, 0) is 0 Å². The Balaban J connectivity index is 1.95. The largest absolute Gasteiger partial charge is 0.493 e. The van der Waals surface area contributed by atoms with Crippen molar-refractivity contribution in [1.29, 1.82) is 0 Å². The Morgan fingerprint density at radius 2 is 1.60 bits per heavy atom. The van der Waals surface area contributed by atoms with Gasteiger partial charge in [-0.1, -0.05) is 44.2 Å². The molecule has 128 valence electrons. The molecule has 1 aliphatic carbocycles. The fourth-order valence-electron chi connectivity index (χ4n) is 2.72. The summed E-state index contributed by atoms with van der Waals surface area (Å²) < 4.78 is 11.1. The first kappa shape index (κ1) is 17.0. The van der Waals surface area contributed by atoms with Gasteiger partial charge < -0.3 is 9.47 Å². The first-order valence-electron chi connectivity index (χ1n) is 8.22. The Labute approximate surface area is 147 Å². The molecular formula is C21H20O4. The zero-order chi connectivity index (χ0) is 18.0. The van der Waals surface area contributed by atoms with Crippen LogP contribution in [0.1, 0.15) is 40.1 Å². The number of allylic oxidation sites excluding steroid dienone is 1. The van der Waals surface area contributed by atoms with E-state index in [-0.39, 0.29) is 17.1 Å². The van der Waals surface area contributed by atoms with Gasteiger partial charge in [0.05, 0.1) is 19.3 Å². The van der Waals surface area contributed by atoms with E-state index < -0.39 is 0 Å². The number of ether oxygens (including phenoxy) is 2. The van der Waals surface area contributed by atoms with Crippen molar-refractivity contribution in [3.8, 4) is 11.5 Å². The molecule has 0 saturated carbocycles. The lowest BCUT2D eigenvalue weighted by molar-refractivity contribution is 0.0990.